The highest BCUT2D eigenvalue weighted by Gasteiger charge is 2.08. The topological polar surface area (TPSA) is 57.8 Å². The first kappa shape index (κ1) is 14.0. The lowest BCUT2D eigenvalue weighted by Crippen LogP contribution is -2.19. The number of aromatic amines is 1. The molecule has 0 radical (unpaired) electrons. The number of rotatable bonds is 4. The van der Waals surface area contributed by atoms with Crippen molar-refractivity contribution in [3.05, 3.63) is 66.8 Å². The predicted molar refractivity (Wildman–Crippen MR) is 83.5 cm³/mol. The zero-order valence-electron chi connectivity index (χ0n) is 11.8. The molecule has 0 atom stereocenters. The van der Waals surface area contributed by atoms with Gasteiger partial charge in [-0.1, -0.05) is 12.6 Å². The summed E-state index contributed by atoms with van der Waals surface area (Å²) in [6, 6.07) is 8.49. The van der Waals surface area contributed by atoms with E-state index in [9.17, 15) is 9.18 Å². The van der Waals surface area contributed by atoms with Crippen LogP contribution in [-0.2, 0) is 11.3 Å². The fourth-order valence-electron chi connectivity index (χ4n) is 2.29. The standard InChI is InChI=1S/C17H14FN3O/c1-2-17(22)21-10-11-3-4-15(20-9-11)14-7-12(18)8-16-13(14)5-6-19-16/h2-9,19H,1,10H2,(H,21,22). The second-order valence-corrected chi connectivity index (χ2v) is 4.87. The molecule has 0 aliphatic heterocycles. The van der Waals surface area contributed by atoms with E-state index < -0.39 is 0 Å². The highest BCUT2D eigenvalue weighted by Crippen LogP contribution is 2.28. The number of halogens is 1. The number of aromatic nitrogens is 2. The second-order valence-electron chi connectivity index (χ2n) is 4.87. The fraction of sp³-hybridized carbons (Fsp3) is 0.0588. The van der Waals surface area contributed by atoms with E-state index in [0.29, 0.717) is 12.2 Å². The smallest absolute Gasteiger partial charge is 0.243 e. The van der Waals surface area contributed by atoms with Gasteiger partial charge < -0.3 is 10.3 Å². The van der Waals surface area contributed by atoms with Gasteiger partial charge >= 0.3 is 0 Å². The van der Waals surface area contributed by atoms with E-state index in [2.05, 4.69) is 21.9 Å². The highest BCUT2D eigenvalue weighted by atomic mass is 19.1. The highest BCUT2D eigenvalue weighted by molar-refractivity contribution is 5.94. The molecule has 2 N–H and O–H groups in total. The van der Waals surface area contributed by atoms with Crippen molar-refractivity contribution in [3.63, 3.8) is 0 Å². The Balaban J connectivity index is 1.90. The molecule has 4 nitrogen and oxygen atoms in total. The fourth-order valence-corrected chi connectivity index (χ4v) is 2.29. The van der Waals surface area contributed by atoms with E-state index in [-0.39, 0.29) is 11.7 Å². The zero-order valence-corrected chi connectivity index (χ0v) is 11.8. The number of carbonyl (C=O) groups excluding carboxylic acids is 1. The molecule has 22 heavy (non-hydrogen) atoms. The normalized spacial score (nSPS) is 10.6. The van der Waals surface area contributed by atoms with Crippen LogP contribution < -0.4 is 5.32 Å². The molecular formula is C17H14FN3O. The van der Waals surface area contributed by atoms with Crippen LogP contribution in [0, 0.1) is 5.82 Å². The van der Waals surface area contributed by atoms with Crippen molar-refractivity contribution in [2.75, 3.05) is 0 Å². The van der Waals surface area contributed by atoms with Gasteiger partial charge in [0.25, 0.3) is 0 Å². The summed E-state index contributed by atoms with van der Waals surface area (Å²) in [6.45, 7) is 3.77. The third-order valence-electron chi connectivity index (χ3n) is 3.39. The Morgan fingerprint density at radius 1 is 1.36 bits per heavy atom. The first-order valence-corrected chi connectivity index (χ1v) is 6.79. The molecule has 1 aromatic carbocycles. The van der Waals surface area contributed by atoms with Crippen molar-refractivity contribution in [1.82, 2.24) is 15.3 Å². The molecule has 110 valence electrons. The van der Waals surface area contributed by atoms with E-state index >= 15 is 0 Å². The third kappa shape index (κ3) is 2.74. The monoisotopic (exact) mass is 295 g/mol. The molecule has 0 aliphatic carbocycles. The van der Waals surface area contributed by atoms with Crippen LogP contribution in [0.2, 0.25) is 0 Å². The van der Waals surface area contributed by atoms with Crippen LogP contribution in [0.15, 0.2) is 55.4 Å². The van der Waals surface area contributed by atoms with Gasteiger partial charge in [-0.05, 0) is 35.9 Å². The number of fused-ring (bicyclic) bond motifs is 1. The largest absolute Gasteiger partial charge is 0.361 e. The first-order chi connectivity index (χ1) is 10.7. The molecule has 5 heteroatoms. The minimum absolute atomic E-state index is 0.233. The number of hydrogen-bond acceptors (Lipinski definition) is 2. The Morgan fingerprint density at radius 3 is 2.95 bits per heavy atom. The van der Waals surface area contributed by atoms with Gasteiger partial charge in [-0.3, -0.25) is 9.78 Å². The molecule has 0 fully saturated rings. The van der Waals surface area contributed by atoms with E-state index in [1.54, 1.807) is 12.4 Å². The molecule has 0 aliphatic rings. The molecule has 0 saturated heterocycles. The quantitative estimate of drug-likeness (QED) is 0.726. The molecule has 0 unspecified atom stereocenters. The Bertz CT molecular complexity index is 837. The summed E-state index contributed by atoms with van der Waals surface area (Å²) < 4.78 is 13.7. The minimum Gasteiger partial charge on any atom is -0.361 e. The molecule has 0 spiro atoms. The van der Waals surface area contributed by atoms with Gasteiger partial charge in [0.15, 0.2) is 0 Å². The van der Waals surface area contributed by atoms with Gasteiger partial charge in [0.1, 0.15) is 5.82 Å². The van der Waals surface area contributed by atoms with Crippen molar-refractivity contribution >= 4 is 16.8 Å². The van der Waals surface area contributed by atoms with Crippen molar-refractivity contribution in [2.45, 2.75) is 6.54 Å². The molecule has 3 aromatic rings. The summed E-state index contributed by atoms with van der Waals surface area (Å²) in [6.07, 6.45) is 4.66. The first-order valence-electron chi connectivity index (χ1n) is 6.79. The van der Waals surface area contributed by atoms with E-state index in [1.165, 1.54) is 18.2 Å². The lowest BCUT2D eigenvalue weighted by Gasteiger charge is -2.06. The molecule has 2 aromatic heterocycles. The van der Waals surface area contributed by atoms with Gasteiger partial charge in [0.05, 0.1) is 5.69 Å². The summed E-state index contributed by atoms with van der Waals surface area (Å²) in [7, 11) is 0. The minimum atomic E-state index is -0.311. The van der Waals surface area contributed by atoms with Crippen LogP contribution in [0.4, 0.5) is 4.39 Å². The maximum atomic E-state index is 13.7. The van der Waals surface area contributed by atoms with E-state index in [4.69, 9.17) is 0 Å². The molecule has 0 saturated carbocycles. The molecule has 1 amide bonds. The summed E-state index contributed by atoms with van der Waals surface area (Å²) in [5.41, 5.74) is 3.01. The van der Waals surface area contributed by atoms with Gasteiger partial charge in [-0.2, -0.15) is 0 Å². The summed E-state index contributed by atoms with van der Waals surface area (Å²) in [4.78, 5) is 18.5. The predicted octanol–water partition coefficient (Wildman–Crippen LogP) is 3.17. The van der Waals surface area contributed by atoms with Gasteiger partial charge in [0.2, 0.25) is 5.91 Å². The lowest BCUT2D eigenvalue weighted by atomic mass is 10.1. The lowest BCUT2D eigenvalue weighted by molar-refractivity contribution is -0.116. The van der Waals surface area contributed by atoms with Crippen molar-refractivity contribution in [1.29, 1.82) is 0 Å². The number of amides is 1. The molecule has 2 heterocycles. The van der Waals surface area contributed by atoms with Crippen LogP contribution in [0.3, 0.4) is 0 Å². The number of nitrogens with zero attached hydrogens (tertiary/aromatic N) is 1. The maximum absolute atomic E-state index is 13.7. The Morgan fingerprint density at radius 2 is 2.23 bits per heavy atom. The van der Waals surface area contributed by atoms with E-state index in [1.807, 2.05) is 18.2 Å². The number of H-pyrrole nitrogens is 1. The maximum Gasteiger partial charge on any atom is 0.243 e. The van der Waals surface area contributed by atoms with Crippen molar-refractivity contribution in [2.24, 2.45) is 0 Å². The molecular weight excluding hydrogens is 281 g/mol. The zero-order chi connectivity index (χ0) is 15.5. The summed E-state index contributed by atoms with van der Waals surface area (Å²) in [5, 5.41) is 3.60. The SMILES string of the molecule is C=CC(=O)NCc1ccc(-c2cc(F)cc3[nH]ccc23)nc1. The second kappa shape index (κ2) is 5.81. The molecule has 3 rings (SSSR count). The van der Waals surface area contributed by atoms with Gasteiger partial charge in [0, 0.05) is 35.4 Å². The van der Waals surface area contributed by atoms with Gasteiger partial charge in [-0.25, -0.2) is 4.39 Å². The molecule has 0 bridgehead atoms. The Kier molecular flexibility index (Phi) is 3.70. The average molecular weight is 295 g/mol. The van der Waals surface area contributed by atoms with Crippen LogP contribution in [-0.4, -0.2) is 15.9 Å². The van der Waals surface area contributed by atoms with Gasteiger partial charge in [-0.15, -0.1) is 0 Å². The van der Waals surface area contributed by atoms with Crippen molar-refractivity contribution < 1.29 is 9.18 Å². The average Bonchev–Trinajstić information content (AvgIpc) is 3.00. The summed E-state index contributed by atoms with van der Waals surface area (Å²) in [5.74, 6) is -0.544. The number of hydrogen-bond donors (Lipinski definition) is 2. The van der Waals surface area contributed by atoms with Crippen LogP contribution in [0.25, 0.3) is 22.2 Å². The number of pyridine rings is 1. The third-order valence-corrected chi connectivity index (χ3v) is 3.39. The number of nitrogens with one attached hydrogen (secondary N) is 2. The number of carbonyl (C=O) groups is 1. The van der Waals surface area contributed by atoms with E-state index in [0.717, 1.165) is 22.0 Å². The summed E-state index contributed by atoms with van der Waals surface area (Å²) >= 11 is 0. The Hall–Kier alpha value is -2.95. The van der Waals surface area contributed by atoms with Crippen molar-refractivity contribution in [3.8, 4) is 11.3 Å². The van der Waals surface area contributed by atoms with Crippen LogP contribution in [0.1, 0.15) is 5.56 Å². The number of benzene rings is 1. The van der Waals surface area contributed by atoms with Crippen LogP contribution >= 0.6 is 0 Å². The Labute approximate surface area is 126 Å². The van der Waals surface area contributed by atoms with Crippen LogP contribution in [0.5, 0.6) is 0 Å².